The van der Waals surface area contributed by atoms with E-state index >= 15 is 0 Å². The number of carbonyl (C=O) groups is 1. The van der Waals surface area contributed by atoms with Crippen molar-refractivity contribution in [3.05, 3.63) is 35.9 Å². The number of nitrogens with two attached hydrogens (primary N) is 1. The van der Waals surface area contributed by atoms with Gasteiger partial charge >= 0.3 is 32.2 Å². The van der Waals surface area contributed by atoms with E-state index in [2.05, 4.69) is 0 Å². The molecule has 0 heterocycles. The molecule has 3 nitrogen and oxygen atoms in total. The van der Waals surface area contributed by atoms with Gasteiger partial charge in [0.05, 0.1) is 0 Å². The van der Waals surface area contributed by atoms with Crippen molar-refractivity contribution in [2.45, 2.75) is 12.5 Å². The molecule has 0 aliphatic rings. The Morgan fingerprint density at radius 1 is 1.38 bits per heavy atom. The van der Waals surface area contributed by atoms with Crippen LogP contribution < -0.4 is 5.73 Å². The number of benzene rings is 1. The Labute approximate surface area is 96.1 Å². The summed E-state index contributed by atoms with van der Waals surface area (Å²) in [6.07, 6.45) is 0.385. The van der Waals surface area contributed by atoms with E-state index in [-0.39, 0.29) is 26.2 Å². The van der Waals surface area contributed by atoms with Gasteiger partial charge in [0.15, 0.2) is 0 Å². The molecule has 3 N–H and O–H groups in total. The first-order chi connectivity index (χ1) is 5.70. The molecule has 4 heteroatoms. The fraction of sp³-hybridized carbons (Fsp3) is 0.222. The zero-order valence-corrected chi connectivity index (χ0v) is 10.2. The Balaban J connectivity index is 0.00000144. The zero-order chi connectivity index (χ0) is 8.97. The summed E-state index contributed by atoms with van der Waals surface area (Å²) in [5, 5.41) is 8.52. The first-order valence-electron chi connectivity index (χ1n) is 3.72. The molecule has 0 spiro atoms. The van der Waals surface area contributed by atoms with Crippen molar-refractivity contribution in [3.63, 3.8) is 0 Å². The van der Waals surface area contributed by atoms with Crippen LogP contribution in [0.15, 0.2) is 30.3 Å². The molecule has 72 valence electrons. The zero-order valence-electron chi connectivity index (χ0n) is 7.01. The van der Waals surface area contributed by atoms with Gasteiger partial charge in [0.2, 0.25) is 0 Å². The van der Waals surface area contributed by atoms with Crippen LogP contribution in [-0.4, -0.2) is 17.1 Å². The van der Waals surface area contributed by atoms with Gasteiger partial charge in [-0.05, 0) is 12.0 Å². The Kier molecular flexibility index (Phi) is 5.84. The molecule has 1 atom stereocenters. The molecular formula is C9H12AtNO2. The van der Waals surface area contributed by atoms with E-state index in [9.17, 15) is 4.79 Å². The summed E-state index contributed by atoms with van der Waals surface area (Å²) in [5.41, 5.74) is 6.30. The Morgan fingerprint density at radius 3 is 2.38 bits per heavy atom. The SMILES string of the molecule is N[C@@H](Cc1ccccc1)C(=O)O.[AtH]. The summed E-state index contributed by atoms with van der Waals surface area (Å²) in [7, 11) is 0. The molecule has 0 aliphatic heterocycles. The maximum atomic E-state index is 10.4. The van der Waals surface area contributed by atoms with E-state index in [0.717, 1.165) is 5.56 Å². The van der Waals surface area contributed by atoms with Crippen molar-refractivity contribution >= 4 is 5.97 Å². The van der Waals surface area contributed by atoms with Crippen molar-refractivity contribution in [3.8, 4) is 0 Å². The van der Waals surface area contributed by atoms with Gasteiger partial charge in [-0.3, -0.25) is 4.79 Å². The normalized spacial score (nSPS) is 11.5. The second-order valence-electron chi connectivity index (χ2n) is 2.63. The van der Waals surface area contributed by atoms with Gasteiger partial charge in [-0.15, -0.1) is 0 Å². The number of carboxylic acid groups (broad SMARTS) is 1. The monoisotopic (exact) mass is 376 g/mol. The van der Waals surface area contributed by atoms with Gasteiger partial charge in [-0.2, -0.15) is 0 Å². The topological polar surface area (TPSA) is 63.3 Å². The van der Waals surface area contributed by atoms with E-state index in [0.29, 0.717) is 6.42 Å². The Bertz CT molecular complexity index is 264. The van der Waals surface area contributed by atoms with Crippen molar-refractivity contribution in [2.75, 3.05) is 0 Å². The summed E-state index contributed by atoms with van der Waals surface area (Å²) >= 11 is 0. The summed E-state index contributed by atoms with van der Waals surface area (Å²) in [5.74, 6) is -0.959. The fourth-order valence-electron chi connectivity index (χ4n) is 0.955. The van der Waals surface area contributed by atoms with Crippen molar-refractivity contribution in [1.82, 2.24) is 0 Å². The third kappa shape index (κ3) is 4.34. The Hall–Kier alpha value is -0.467. The predicted octanol–water partition coefficient (Wildman–Crippen LogP) is 0.373. The number of carboxylic acids is 1. The molecule has 0 aliphatic carbocycles. The minimum absolute atomic E-state index is 0. The summed E-state index contributed by atoms with van der Waals surface area (Å²) in [6.45, 7) is 0. The van der Waals surface area contributed by atoms with E-state index in [4.69, 9.17) is 10.8 Å². The van der Waals surface area contributed by atoms with Crippen LogP contribution in [0.1, 0.15) is 5.56 Å². The summed E-state index contributed by atoms with van der Waals surface area (Å²) in [6, 6.07) is 8.54. The van der Waals surface area contributed by atoms with Gasteiger partial charge in [0.25, 0.3) is 0 Å². The number of aliphatic carboxylic acids is 1. The van der Waals surface area contributed by atoms with Crippen LogP contribution in [0.3, 0.4) is 0 Å². The van der Waals surface area contributed by atoms with Gasteiger partial charge in [-0.1, -0.05) is 30.3 Å². The van der Waals surface area contributed by atoms with E-state index < -0.39 is 12.0 Å². The molecule has 0 aromatic heterocycles. The summed E-state index contributed by atoms with van der Waals surface area (Å²) in [4.78, 5) is 10.4. The van der Waals surface area contributed by atoms with Crippen LogP contribution in [0.25, 0.3) is 0 Å². The van der Waals surface area contributed by atoms with Crippen molar-refractivity contribution in [2.24, 2.45) is 5.73 Å². The molecule has 1 rings (SSSR count). The average molecular weight is 376 g/mol. The molecule has 0 saturated heterocycles. The van der Waals surface area contributed by atoms with Crippen LogP contribution in [0.5, 0.6) is 0 Å². The van der Waals surface area contributed by atoms with E-state index in [1.54, 1.807) is 0 Å². The van der Waals surface area contributed by atoms with Gasteiger partial charge < -0.3 is 10.8 Å². The Morgan fingerprint density at radius 2 is 1.92 bits per heavy atom. The minimum atomic E-state index is -0.959. The molecule has 0 saturated carbocycles. The van der Waals surface area contributed by atoms with Crippen LogP contribution in [0, 0.1) is 26.2 Å². The van der Waals surface area contributed by atoms with Crippen molar-refractivity contribution in [1.29, 1.82) is 0 Å². The van der Waals surface area contributed by atoms with E-state index in [1.165, 1.54) is 0 Å². The molecular weight excluding hydrogens is 364 g/mol. The first-order valence-corrected chi connectivity index (χ1v) is 3.72. The summed E-state index contributed by atoms with van der Waals surface area (Å²) < 4.78 is 0. The molecule has 0 fully saturated rings. The fourth-order valence-corrected chi connectivity index (χ4v) is 0.955. The molecule has 0 bridgehead atoms. The standard InChI is InChI=1S/C9H11NO2.AtH/c10-8(9(11)12)6-7-4-2-1-3-5-7;/h1-5,8H,6,10H2,(H,11,12);1H/t8-;/m0./s1. The predicted molar refractivity (Wildman–Crippen MR) is 47.2 cm³/mol. The average Bonchev–Trinajstić information content (AvgIpc) is 2.06. The third-order valence-electron chi connectivity index (χ3n) is 1.62. The molecule has 13 heavy (non-hydrogen) atoms. The molecule has 1 aromatic rings. The molecule has 1 aromatic carbocycles. The van der Waals surface area contributed by atoms with Crippen molar-refractivity contribution < 1.29 is 36.1 Å². The molecule has 0 radical (unpaired) electrons. The maximum absolute atomic E-state index is 10.4. The second kappa shape index (κ2) is 6.06. The molecule has 0 amide bonds. The first kappa shape index (κ1) is 12.5. The van der Waals surface area contributed by atoms with Crippen LogP contribution in [0.2, 0.25) is 0 Å². The molecule has 0 unspecified atom stereocenters. The number of rotatable bonds is 3. The van der Waals surface area contributed by atoms with Crippen LogP contribution in [0.4, 0.5) is 0 Å². The number of hydrogen-bond acceptors (Lipinski definition) is 2. The van der Waals surface area contributed by atoms with Gasteiger partial charge in [0.1, 0.15) is 6.04 Å². The van der Waals surface area contributed by atoms with Gasteiger partial charge in [-0.25, -0.2) is 0 Å². The quantitative estimate of drug-likeness (QED) is 0.802. The second-order valence-corrected chi connectivity index (χ2v) is 2.63. The van der Waals surface area contributed by atoms with Crippen LogP contribution in [-0.2, 0) is 11.2 Å². The number of hydrogen-bond donors (Lipinski definition) is 2. The third-order valence-corrected chi connectivity index (χ3v) is 1.62. The van der Waals surface area contributed by atoms with Crippen LogP contribution >= 0.6 is 0 Å². The van der Waals surface area contributed by atoms with Gasteiger partial charge in [0, 0.05) is 0 Å². The van der Waals surface area contributed by atoms with E-state index in [1.807, 2.05) is 30.3 Å².